The third-order valence-electron chi connectivity index (χ3n) is 2.47. The third kappa shape index (κ3) is 2.50. The van der Waals surface area contributed by atoms with Crippen LogP contribution in [0.2, 0.25) is 0 Å². The Balaban J connectivity index is 2.48. The van der Waals surface area contributed by atoms with Gasteiger partial charge in [-0.3, -0.25) is 10.1 Å². The third-order valence-corrected chi connectivity index (χ3v) is 2.47. The molecule has 1 aromatic carbocycles. The van der Waals surface area contributed by atoms with E-state index in [0.717, 1.165) is 0 Å². The maximum Gasteiger partial charge on any atom is 0.313 e. The van der Waals surface area contributed by atoms with Gasteiger partial charge in [0.25, 0.3) is 0 Å². The SMILES string of the molecule is CNCc1nnnn1-c1ccc(OC)c([N+](=O)[O-])c1. The van der Waals surface area contributed by atoms with Crippen LogP contribution in [0.3, 0.4) is 0 Å². The van der Waals surface area contributed by atoms with Gasteiger partial charge in [0.05, 0.1) is 24.3 Å². The minimum atomic E-state index is -0.509. The summed E-state index contributed by atoms with van der Waals surface area (Å²) in [5.41, 5.74) is 0.369. The van der Waals surface area contributed by atoms with Gasteiger partial charge in [0, 0.05) is 6.07 Å². The van der Waals surface area contributed by atoms with Crippen molar-refractivity contribution >= 4 is 5.69 Å². The van der Waals surface area contributed by atoms with Crippen LogP contribution in [0.25, 0.3) is 5.69 Å². The lowest BCUT2D eigenvalue weighted by molar-refractivity contribution is -0.385. The molecule has 0 atom stereocenters. The molecule has 1 N–H and O–H groups in total. The fourth-order valence-electron chi connectivity index (χ4n) is 1.63. The Bertz CT molecular complexity index is 597. The fraction of sp³-hybridized carbons (Fsp3) is 0.300. The van der Waals surface area contributed by atoms with E-state index in [9.17, 15) is 10.1 Å². The highest BCUT2D eigenvalue weighted by molar-refractivity contribution is 5.53. The van der Waals surface area contributed by atoms with E-state index in [0.29, 0.717) is 18.1 Å². The standard InChI is InChI=1S/C10H12N6O3/c1-11-6-10-12-13-14-15(10)7-3-4-9(19-2)8(5-7)16(17)18/h3-5,11H,6H2,1-2H3. The Labute approximate surface area is 108 Å². The summed E-state index contributed by atoms with van der Waals surface area (Å²) < 4.78 is 6.38. The zero-order chi connectivity index (χ0) is 13.8. The molecule has 0 fully saturated rings. The Kier molecular flexibility index (Phi) is 3.66. The molecule has 2 aromatic rings. The number of aromatic nitrogens is 4. The predicted octanol–water partition coefficient (Wildman–Crippen LogP) is 0.298. The van der Waals surface area contributed by atoms with Crippen LogP contribution in [0.1, 0.15) is 5.82 Å². The van der Waals surface area contributed by atoms with Gasteiger partial charge in [-0.25, -0.2) is 0 Å². The minimum absolute atomic E-state index is 0.133. The van der Waals surface area contributed by atoms with Gasteiger partial charge >= 0.3 is 5.69 Å². The summed E-state index contributed by atoms with van der Waals surface area (Å²) in [4.78, 5) is 10.5. The fourth-order valence-corrected chi connectivity index (χ4v) is 1.63. The van der Waals surface area contributed by atoms with Gasteiger partial charge in [-0.15, -0.1) is 5.10 Å². The number of nitro groups is 1. The van der Waals surface area contributed by atoms with Crippen LogP contribution in [-0.4, -0.2) is 39.3 Å². The molecule has 0 aliphatic heterocycles. The van der Waals surface area contributed by atoms with E-state index in [2.05, 4.69) is 20.8 Å². The van der Waals surface area contributed by atoms with Gasteiger partial charge in [0.15, 0.2) is 11.6 Å². The highest BCUT2D eigenvalue weighted by atomic mass is 16.6. The Morgan fingerprint density at radius 2 is 2.32 bits per heavy atom. The molecule has 0 aliphatic carbocycles. The van der Waals surface area contributed by atoms with Crippen LogP contribution in [-0.2, 0) is 6.54 Å². The average molecular weight is 264 g/mol. The number of hydrogen-bond donors (Lipinski definition) is 1. The molecule has 0 radical (unpaired) electrons. The molecule has 100 valence electrons. The molecule has 1 heterocycles. The number of nitro benzene ring substituents is 1. The summed E-state index contributed by atoms with van der Waals surface area (Å²) in [7, 11) is 3.14. The zero-order valence-corrected chi connectivity index (χ0v) is 10.4. The first-order chi connectivity index (χ1) is 9.17. The van der Waals surface area contributed by atoms with Crippen LogP contribution < -0.4 is 10.1 Å². The highest BCUT2D eigenvalue weighted by Gasteiger charge is 2.17. The smallest absolute Gasteiger partial charge is 0.313 e. The summed E-state index contributed by atoms with van der Waals surface area (Å²) in [6, 6.07) is 4.54. The molecule has 0 spiro atoms. The number of hydrogen-bond acceptors (Lipinski definition) is 7. The van der Waals surface area contributed by atoms with E-state index >= 15 is 0 Å². The van der Waals surface area contributed by atoms with Crippen molar-refractivity contribution in [1.82, 2.24) is 25.5 Å². The summed E-state index contributed by atoms with van der Waals surface area (Å²) in [6.07, 6.45) is 0. The molecule has 2 rings (SSSR count). The van der Waals surface area contributed by atoms with Crippen molar-refractivity contribution in [3.63, 3.8) is 0 Å². The van der Waals surface area contributed by atoms with Crippen LogP contribution >= 0.6 is 0 Å². The predicted molar refractivity (Wildman–Crippen MR) is 65.1 cm³/mol. The molecule has 0 bridgehead atoms. The number of nitrogens with zero attached hydrogens (tertiary/aromatic N) is 5. The van der Waals surface area contributed by atoms with E-state index in [1.165, 1.54) is 23.9 Å². The van der Waals surface area contributed by atoms with Crippen molar-refractivity contribution in [2.75, 3.05) is 14.2 Å². The average Bonchev–Trinajstić information content (AvgIpc) is 2.86. The first-order valence-electron chi connectivity index (χ1n) is 5.42. The van der Waals surface area contributed by atoms with Gasteiger partial charge in [-0.05, 0) is 29.6 Å². The van der Waals surface area contributed by atoms with Gasteiger partial charge in [-0.1, -0.05) is 0 Å². The maximum atomic E-state index is 11.0. The topological polar surface area (TPSA) is 108 Å². The molecule has 0 saturated heterocycles. The Morgan fingerprint density at radius 1 is 1.53 bits per heavy atom. The molecular formula is C10H12N6O3. The molecule has 0 aliphatic rings. The molecule has 0 unspecified atom stereocenters. The lowest BCUT2D eigenvalue weighted by Crippen LogP contribution is -2.12. The van der Waals surface area contributed by atoms with Crippen molar-refractivity contribution in [1.29, 1.82) is 0 Å². The van der Waals surface area contributed by atoms with Crippen molar-refractivity contribution in [3.05, 3.63) is 34.1 Å². The van der Waals surface area contributed by atoms with Crippen molar-refractivity contribution < 1.29 is 9.66 Å². The summed E-state index contributed by atoms with van der Waals surface area (Å²) in [6.45, 7) is 0.451. The number of tetrazole rings is 1. The zero-order valence-electron chi connectivity index (χ0n) is 10.4. The lowest BCUT2D eigenvalue weighted by Gasteiger charge is -2.06. The van der Waals surface area contributed by atoms with Crippen LogP contribution in [0, 0.1) is 10.1 Å². The van der Waals surface area contributed by atoms with Gasteiger partial charge in [-0.2, -0.15) is 4.68 Å². The monoisotopic (exact) mass is 264 g/mol. The maximum absolute atomic E-state index is 11.0. The largest absolute Gasteiger partial charge is 0.490 e. The van der Waals surface area contributed by atoms with E-state index < -0.39 is 4.92 Å². The molecular weight excluding hydrogens is 252 g/mol. The van der Waals surface area contributed by atoms with E-state index in [4.69, 9.17) is 4.74 Å². The molecule has 9 heteroatoms. The number of nitrogens with one attached hydrogen (secondary N) is 1. The lowest BCUT2D eigenvalue weighted by atomic mass is 10.2. The van der Waals surface area contributed by atoms with Gasteiger partial charge in [0.2, 0.25) is 0 Å². The molecule has 0 saturated carbocycles. The van der Waals surface area contributed by atoms with Crippen LogP contribution in [0.15, 0.2) is 18.2 Å². The van der Waals surface area contributed by atoms with Crippen molar-refractivity contribution in [2.45, 2.75) is 6.54 Å². The number of benzene rings is 1. The second-order valence-electron chi connectivity index (χ2n) is 3.65. The minimum Gasteiger partial charge on any atom is -0.490 e. The number of methoxy groups -OCH3 is 1. The number of ether oxygens (including phenoxy) is 1. The molecule has 1 aromatic heterocycles. The first kappa shape index (κ1) is 12.9. The molecule has 0 amide bonds. The van der Waals surface area contributed by atoms with Crippen molar-refractivity contribution in [2.24, 2.45) is 0 Å². The normalized spacial score (nSPS) is 10.4. The molecule has 19 heavy (non-hydrogen) atoms. The Hall–Kier alpha value is -2.55. The summed E-state index contributed by atoms with van der Waals surface area (Å²) in [5.74, 6) is 0.749. The van der Waals surface area contributed by atoms with Crippen LogP contribution in [0.5, 0.6) is 5.75 Å². The Morgan fingerprint density at radius 3 is 2.95 bits per heavy atom. The second kappa shape index (κ2) is 5.40. The summed E-state index contributed by atoms with van der Waals surface area (Å²) >= 11 is 0. The second-order valence-corrected chi connectivity index (χ2v) is 3.65. The van der Waals surface area contributed by atoms with E-state index in [1.54, 1.807) is 13.1 Å². The van der Waals surface area contributed by atoms with Crippen molar-refractivity contribution in [3.8, 4) is 11.4 Å². The highest BCUT2D eigenvalue weighted by Crippen LogP contribution is 2.28. The quantitative estimate of drug-likeness (QED) is 0.611. The first-order valence-corrected chi connectivity index (χ1v) is 5.42. The van der Waals surface area contributed by atoms with Gasteiger partial charge < -0.3 is 10.1 Å². The van der Waals surface area contributed by atoms with E-state index in [1.807, 2.05) is 0 Å². The number of rotatable bonds is 5. The molecule has 9 nitrogen and oxygen atoms in total. The van der Waals surface area contributed by atoms with Gasteiger partial charge in [0.1, 0.15) is 0 Å². The van der Waals surface area contributed by atoms with E-state index in [-0.39, 0.29) is 11.4 Å². The summed E-state index contributed by atoms with van der Waals surface area (Å²) in [5, 5.41) is 25.1. The van der Waals surface area contributed by atoms with Crippen LogP contribution in [0.4, 0.5) is 5.69 Å².